The molecule has 0 spiro atoms. The smallest absolute Gasteiger partial charge is 0.338 e. The number of hydrogen-bond donors (Lipinski definition) is 0. The molecular formula is C15H14ClNO4S. The average Bonchev–Trinajstić information content (AvgIpc) is 3.17. The first kappa shape index (κ1) is 15.3. The summed E-state index contributed by atoms with van der Waals surface area (Å²) in [7, 11) is 1.35. The number of benzene rings is 1. The monoisotopic (exact) mass is 339 g/mol. The largest absolute Gasteiger partial charge is 0.488 e. The first-order valence-corrected chi connectivity index (χ1v) is 7.94. The summed E-state index contributed by atoms with van der Waals surface area (Å²) in [5.41, 5.74) is 1.19. The van der Waals surface area contributed by atoms with Gasteiger partial charge in [-0.25, -0.2) is 9.78 Å². The zero-order valence-electron chi connectivity index (χ0n) is 11.9. The fraction of sp³-hybridized carbons (Fsp3) is 0.333. The van der Waals surface area contributed by atoms with Crippen molar-refractivity contribution in [1.82, 2.24) is 4.98 Å². The van der Waals surface area contributed by atoms with Crippen LogP contribution in [-0.2, 0) is 9.47 Å². The predicted molar refractivity (Wildman–Crippen MR) is 83.8 cm³/mol. The van der Waals surface area contributed by atoms with Crippen molar-refractivity contribution in [1.29, 1.82) is 0 Å². The standard InChI is InChI=1S/C15H14ClNO4S/c1-19-15(18)10-4-9(14-17-7-13(16)22-14)5-12(6-10)21-11-2-3-20-8-11/h4-7,11H,2-3,8H2,1H3/t11-/m1/s1. The van der Waals surface area contributed by atoms with Gasteiger partial charge >= 0.3 is 5.97 Å². The van der Waals surface area contributed by atoms with Crippen LogP contribution in [0.5, 0.6) is 5.75 Å². The van der Waals surface area contributed by atoms with Gasteiger partial charge in [0, 0.05) is 12.0 Å². The molecule has 0 amide bonds. The van der Waals surface area contributed by atoms with Crippen LogP contribution in [0.4, 0.5) is 0 Å². The second-order valence-corrected chi connectivity index (χ2v) is 6.47. The van der Waals surface area contributed by atoms with Gasteiger partial charge in [0.1, 0.15) is 21.2 Å². The molecule has 1 fully saturated rings. The van der Waals surface area contributed by atoms with Crippen molar-refractivity contribution in [3.63, 3.8) is 0 Å². The van der Waals surface area contributed by atoms with E-state index < -0.39 is 5.97 Å². The van der Waals surface area contributed by atoms with Gasteiger partial charge in [-0.3, -0.25) is 0 Å². The number of carbonyl (C=O) groups is 1. The van der Waals surface area contributed by atoms with Crippen LogP contribution in [0.25, 0.3) is 10.6 Å². The third kappa shape index (κ3) is 3.40. The molecular weight excluding hydrogens is 326 g/mol. The lowest BCUT2D eigenvalue weighted by Crippen LogP contribution is -2.16. The Morgan fingerprint density at radius 2 is 2.32 bits per heavy atom. The number of esters is 1. The molecule has 1 aliphatic heterocycles. The van der Waals surface area contributed by atoms with Crippen LogP contribution in [0.15, 0.2) is 24.4 Å². The Labute approximate surface area is 136 Å². The molecule has 7 heteroatoms. The van der Waals surface area contributed by atoms with Crippen molar-refractivity contribution in [2.75, 3.05) is 20.3 Å². The molecule has 1 aromatic carbocycles. The second kappa shape index (κ2) is 6.64. The third-order valence-corrected chi connectivity index (χ3v) is 4.41. The first-order valence-electron chi connectivity index (χ1n) is 6.75. The van der Waals surface area contributed by atoms with E-state index in [4.69, 9.17) is 25.8 Å². The van der Waals surface area contributed by atoms with Crippen molar-refractivity contribution < 1.29 is 19.0 Å². The van der Waals surface area contributed by atoms with E-state index >= 15 is 0 Å². The fourth-order valence-electron chi connectivity index (χ4n) is 2.21. The number of aromatic nitrogens is 1. The summed E-state index contributed by atoms with van der Waals surface area (Å²) in [4.78, 5) is 16.1. The molecule has 0 bridgehead atoms. The minimum Gasteiger partial charge on any atom is -0.488 e. The highest BCUT2D eigenvalue weighted by atomic mass is 35.5. The molecule has 116 valence electrons. The first-order chi connectivity index (χ1) is 10.7. The summed E-state index contributed by atoms with van der Waals surface area (Å²) in [6.45, 7) is 1.25. The number of nitrogens with zero attached hydrogens (tertiary/aromatic N) is 1. The number of carbonyl (C=O) groups excluding carboxylic acids is 1. The van der Waals surface area contributed by atoms with Crippen LogP contribution >= 0.6 is 22.9 Å². The van der Waals surface area contributed by atoms with Gasteiger partial charge in [-0.05, 0) is 18.2 Å². The van der Waals surface area contributed by atoms with Crippen molar-refractivity contribution in [3.8, 4) is 16.3 Å². The van der Waals surface area contributed by atoms with E-state index in [1.807, 2.05) is 6.07 Å². The Morgan fingerprint density at radius 1 is 1.45 bits per heavy atom. The van der Waals surface area contributed by atoms with Crippen LogP contribution < -0.4 is 4.74 Å². The lowest BCUT2D eigenvalue weighted by atomic mass is 10.1. The van der Waals surface area contributed by atoms with Gasteiger partial charge in [0.15, 0.2) is 0 Å². The van der Waals surface area contributed by atoms with E-state index in [-0.39, 0.29) is 6.10 Å². The maximum Gasteiger partial charge on any atom is 0.338 e. The number of methoxy groups -OCH3 is 1. The number of hydrogen-bond acceptors (Lipinski definition) is 6. The summed E-state index contributed by atoms with van der Waals surface area (Å²) >= 11 is 7.28. The zero-order chi connectivity index (χ0) is 15.5. The molecule has 1 aliphatic rings. The molecule has 1 aromatic heterocycles. The summed E-state index contributed by atoms with van der Waals surface area (Å²) < 4.78 is 16.6. The molecule has 5 nitrogen and oxygen atoms in total. The maximum atomic E-state index is 11.8. The summed E-state index contributed by atoms with van der Waals surface area (Å²) in [5.74, 6) is 0.178. The number of thiazole rings is 1. The molecule has 0 saturated carbocycles. The Bertz CT molecular complexity index is 682. The summed E-state index contributed by atoms with van der Waals surface area (Å²) in [5, 5.41) is 0.725. The lowest BCUT2D eigenvalue weighted by molar-refractivity contribution is 0.0600. The van der Waals surface area contributed by atoms with E-state index in [0.29, 0.717) is 28.9 Å². The van der Waals surface area contributed by atoms with Crippen molar-refractivity contribution >= 4 is 28.9 Å². The number of halogens is 1. The predicted octanol–water partition coefficient (Wildman–Crippen LogP) is 3.42. The Hall–Kier alpha value is -1.63. The quantitative estimate of drug-likeness (QED) is 0.799. The summed E-state index contributed by atoms with van der Waals surface area (Å²) in [6.07, 6.45) is 2.42. The SMILES string of the molecule is COC(=O)c1cc(O[C@@H]2CCOC2)cc(-c2ncc(Cl)s2)c1. The highest BCUT2D eigenvalue weighted by molar-refractivity contribution is 7.18. The van der Waals surface area contributed by atoms with Crippen molar-refractivity contribution in [2.24, 2.45) is 0 Å². The second-order valence-electron chi connectivity index (χ2n) is 4.81. The Balaban J connectivity index is 1.95. The maximum absolute atomic E-state index is 11.8. The van der Waals surface area contributed by atoms with Crippen molar-refractivity contribution in [2.45, 2.75) is 12.5 Å². The van der Waals surface area contributed by atoms with E-state index in [9.17, 15) is 4.79 Å². The van der Waals surface area contributed by atoms with Crippen LogP contribution in [-0.4, -0.2) is 37.4 Å². The van der Waals surface area contributed by atoms with Gasteiger partial charge in [0.25, 0.3) is 0 Å². The Morgan fingerprint density at radius 3 is 2.95 bits per heavy atom. The minimum atomic E-state index is -0.419. The summed E-state index contributed by atoms with van der Waals surface area (Å²) in [6, 6.07) is 5.24. The van der Waals surface area contributed by atoms with Gasteiger partial charge in [-0.2, -0.15) is 0 Å². The average molecular weight is 340 g/mol. The topological polar surface area (TPSA) is 57.7 Å². The van der Waals surface area contributed by atoms with Crippen LogP contribution in [0, 0.1) is 0 Å². The van der Waals surface area contributed by atoms with Crippen LogP contribution in [0.2, 0.25) is 4.34 Å². The van der Waals surface area contributed by atoms with E-state index in [2.05, 4.69) is 4.98 Å². The van der Waals surface area contributed by atoms with Gasteiger partial charge < -0.3 is 14.2 Å². The number of ether oxygens (including phenoxy) is 3. The molecule has 0 unspecified atom stereocenters. The Kier molecular flexibility index (Phi) is 4.61. The highest BCUT2D eigenvalue weighted by Gasteiger charge is 2.19. The molecule has 1 atom stereocenters. The molecule has 3 rings (SSSR count). The van der Waals surface area contributed by atoms with Gasteiger partial charge in [0.2, 0.25) is 0 Å². The van der Waals surface area contributed by atoms with Gasteiger partial charge in [-0.1, -0.05) is 11.6 Å². The molecule has 2 heterocycles. The molecule has 1 saturated heterocycles. The van der Waals surface area contributed by atoms with Gasteiger partial charge in [0.05, 0.1) is 32.1 Å². The lowest BCUT2D eigenvalue weighted by Gasteiger charge is -2.13. The van der Waals surface area contributed by atoms with Crippen molar-refractivity contribution in [3.05, 3.63) is 34.3 Å². The highest BCUT2D eigenvalue weighted by Crippen LogP contribution is 2.32. The molecule has 22 heavy (non-hydrogen) atoms. The fourth-order valence-corrected chi connectivity index (χ4v) is 3.11. The van der Waals surface area contributed by atoms with Crippen LogP contribution in [0.3, 0.4) is 0 Å². The minimum absolute atomic E-state index is 0.000583. The van der Waals surface area contributed by atoms with Gasteiger partial charge in [-0.15, -0.1) is 11.3 Å². The molecule has 0 aliphatic carbocycles. The molecule has 0 N–H and O–H groups in total. The van der Waals surface area contributed by atoms with Crippen LogP contribution in [0.1, 0.15) is 16.8 Å². The van der Waals surface area contributed by atoms with E-state index in [1.165, 1.54) is 18.4 Å². The zero-order valence-corrected chi connectivity index (χ0v) is 13.4. The van der Waals surface area contributed by atoms with E-state index in [1.54, 1.807) is 18.3 Å². The third-order valence-electron chi connectivity index (χ3n) is 3.24. The molecule has 2 aromatic rings. The molecule has 0 radical (unpaired) electrons. The normalized spacial score (nSPS) is 17.5. The number of rotatable bonds is 4. The van der Waals surface area contributed by atoms with E-state index in [0.717, 1.165) is 17.0 Å².